The van der Waals surface area contributed by atoms with Gasteiger partial charge in [0.1, 0.15) is 10.5 Å². The Hall–Kier alpha value is -1.99. The fraction of sp³-hybridized carbons (Fsp3) is 0.0833. The zero-order valence-electron chi connectivity index (χ0n) is 10.3. The van der Waals surface area contributed by atoms with Crippen LogP contribution in [-0.2, 0) is 0 Å². The molecule has 0 saturated carbocycles. The first kappa shape index (κ1) is 13.0. The van der Waals surface area contributed by atoms with Crippen molar-refractivity contribution in [3.63, 3.8) is 0 Å². The van der Waals surface area contributed by atoms with Crippen molar-refractivity contribution < 1.29 is 9.15 Å². The summed E-state index contributed by atoms with van der Waals surface area (Å²) < 4.78 is 10.6. The summed E-state index contributed by atoms with van der Waals surface area (Å²) >= 11 is 7.23. The number of hydrogen-bond acceptors (Lipinski definition) is 7. The second-order valence-electron chi connectivity index (χ2n) is 3.82. The third kappa shape index (κ3) is 2.50. The fourth-order valence-electron chi connectivity index (χ4n) is 1.56. The van der Waals surface area contributed by atoms with E-state index in [2.05, 4.69) is 15.0 Å². The van der Waals surface area contributed by atoms with Gasteiger partial charge in [0.2, 0.25) is 0 Å². The van der Waals surface area contributed by atoms with Gasteiger partial charge in [-0.05, 0) is 30.0 Å². The Labute approximate surface area is 123 Å². The van der Waals surface area contributed by atoms with Crippen molar-refractivity contribution in [2.45, 2.75) is 10.2 Å². The largest absolute Gasteiger partial charge is 0.467 e. The van der Waals surface area contributed by atoms with E-state index in [1.165, 1.54) is 25.1 Å². The topological polar surface area (TPSA) is 87.1 Å². The minimum atomic E-state index is 0.234. The van der Waals surface area contributed by atoms with Crippen molar-refractivity contribution in [1.82, 2.24) is 15.0 Å². The SMILES string of the molecule is COc1ncc(Cl)c(Sc2nc3cc(N)ccc3o2)n1. The molecule has 8 heteroatoms. The van der Waals surface area contributed by atoms with E-state index in [1.54, 1.807) is 18.2 Å². The summed E-state index contributed by atoms with van der Waals surface area (Å²) in [7, 11) is 1.49. The number of benzene rings is 1. The molecule has 2 aromatic heterocycles. The summed E-state index contributed by atoms with van der Waals surface area (Å²) in [6.07, 6.45) is 1.47. The van der Waals surface area contributed by atoms with E-state index in [-0.39, 0.29) is 6.01 Å². The molecule has 2 N–H and O–H groups in total. The van der Waals surface area contributed by atoms with Crippen LogP contribution in [0.15, 0.2) is 39.1 Å². The lowest BCUT2D eigenvalue weighted by molar-refractivity contribution is 0.376. The van der Waals surface area contributed by atoms with Crippen LogP contribution in [0.2, 0.25) is 5.02 Å². The smallest absolute Gasteiger partial charge is 0.317 e. The first-order chi connectivity index (χ1) is 9.65. The van der Waals surface area contributed by atoms with Crippen LogP contribution in [-0.4, -0.2) is 22.1 Å². The van der Waals surface area contributed by atoms with E-state index in [4.69, 9.17) is 26.5 Å². The van der Waals surface area contributed by atoms with Crippen LogP contribution in [0.3, 0.4) is 0 Å². The van der Waals surface area contributed by atoms with E-state index in [0.29, 0.717) is 32.1 Å². The summed E-state index contributed by atoms with van der Waals surface area (Å²) in [6.45, 7) is 0. The minimum absolute atomic E-state index is 0.234. The highest BCUT2D eigenvalue weighted by Crippen LogP contribution is 2.33. The third-order valence-corrected chi connectivity index (χ3v) is 3.69. The third-order valence-electron chi connectivity index (χ3n) is 2.45. The van der Waals surface area contributed by atoms with Gasteiger partial charge in [-0.1, -0.05) is 11.6 Å². The Morgan fingerprint density at radius 3 is 3.00 bits per heavy atom. The second-order valence-corrected chi connectivity index (χ2v) is 5.17. The molecule has 20 heavy (non-hydrogen) atoms. The fourth-order valence-corrected chi connectivity index (χ4v) is 2.48. The van der Waals surface area contributed by atoms with Crippen molar-refractivity contribution in [2.75, 3.05) is 12.8 Å². The van der Waals surface area contributed by atoms with Crippen LogP contribution in [0, 0.1) is 0 Å². The predicted molar refractivity (Wildman–Crippen MR) is 76.1 cm³/mol. The summed E-state index contributed by atoms with van der Waals surface area (Å²) in [6, 6.07) is 5.50. The molecule has 0 bridgehead atoms. The van der Waals surface area contributed by atoms with Gasteiger partial charge in [-0.25, -0.2) is 9.97 Å². The van der Waals surface area contributed by atoms with Gasteiger partial charge in [-0.3, -0.25) is 0 Å². The minimum Gasteiger partial charge on any atom is -0.467 e. The lowest BCUT2D eigenvalue weighted by Crippen LogP contribution is -1.93. The van der Waals surface area contributed by atoms with Crippen molar-refractivity contribution in [3.05, 3.63) is 29.4 Å². The second kappa shape index (κ2) is 5.18. The molecular weight excluding hydrogens is 300 g/mol. The molecule has 3 aromatic rings. The molecule has 1 aromatic carbocycles. The number of fused-ring (bicyclic) bond motifs is 1. The maximum atomic E-state index is 6.04. The summed E-state index contributed by atoms with van der Waals surface area (Å²) in [5.41, 5.74) is 7.67. The number of nitrogens with two attached hydrogens (primary N) is 1. The Morgan fingerprint density at radius 1 is 1.35 bits per heavy atom. The van der Waals surface area contributed by atoms with E-state index < -0.39 is 0 Å². The van der Waals surface area contributed by atoms with Crippen molar-refractivity contribution in [3.8, 4) is 6.01 Å². The zero-order valence-corrected chi connectivity index (χ0v) is 11.9. The molecule has 3 rings (SSSR count). The van der Waals surface area contributed by atoms with Crippen LogP contribution < -0.4 is 10.5 Å². The predicted octanol–water partition coefficient (Wildman–Crippen LogP) is 3.01. The van der Waals surface area contributed by atoms with Crippen LogP contribution >= 0.6 is 23.4 Å². The quantitative estimate of drug-likeness (QED) is 0.587. The van der Waals surface area contributed by atoms with E-state index in [9.17, 15) is 0 Å². The van der Waals surface area contributed by atoms with E-state index in [0.717, 1.165) is 0 Å². The van der Waals surface area contributed by atoms with Gasteiger partial charge >= 0.3 is 6.01 Å². The molecule has 0 amide bonds. The molecule has 0 aliphatic heterocycles. The average molecular weight is 309 g/mol. The standard InChI is InChI=1S/C12H9ClN4O2S/c1-18-11-15-5-7(13)10(17-11)20-12-16-8-4-6(14)2-3-9(8)19-12/h2-5H,14H2,1H3. The Kier molecular flexibility index (Phi) is 3.37. The zero-order chi connectivity index (χ0) is 14.1. The summed E-state index contributed by atoms with van der Waals surface area (Å²) in [5.74, 6) is 0. The molecule has 0 fully saturated rings. The van der Waals surface area contributed by atoms with Gasteiger partial charge in [-0.15, -0.1) is 0 Å². The molecule has 2 heterocycles. The number of nitrogen functional groups attached to an aromatic ring is 1. The number of hydrogen-bond donors (Lipinski definition) is 1. The lowest BCUT2D eigenvalue weighted by atomic mass is 10.3. The molecule has 0 aliphatic rings. The number of aromatic nitrogens is 3. The molecule has 102 valence electrons. The molecule has 0 aliphatic carbocycles. The van der Waals surface area contributed by atoms with Gasteiger partial charge in [0, 0.05) is 5.69 Å². The Bertz CT molecular complexity index is 777. The Morgan fingerprint density at radius 2 is 2.20 bits per heavy atom. The molecule has 6 nitrogen and oxygen atoms in total. The van der Waals surface area contributed by atoms with Gasteiger partial charge in [0.25, 0.3) is 5.22 Å². The van der Waals surface area contributed by atoms with Gasteiger partial charge in [0.15, 0.2) is 5.58 Å². The summed E-state index contributed by atoms with van der Waals surface area (Å²) in [5, 5.41) is 1.34. The Balaban J connectivity index is 1.96. The molecule has 0 radical (unpaired) electrons. The first-order valence-electron chi connectivity index (χ1n) is 5.56. The van der Waals surface area contributed by atoms with Gasteiger partial charge in [0.05, 0.1) is 18.3 Å². The first-order valence-corrected chi connectivity index (χ1v) is 6.75. The van der Waals surface area contributed by atoms with Crippen molar-refractivity contribution in [2.24, 2.45) is 0 Å². The number of anilines is 1. The number of oxazole rings is 1. The normalized spacial score (nSPS) is 10.9. The number of ether oxygens (including phenoxy) is 1. The highest BCUT2D eigenvalue weighted by molar-refractivity contribution is 7.99. The van der Waals surface area contributed by atoms with Crippen molar-refractivity contribution in [1.29, 1.82) is 0 Å². The average Bonchev–Trinajstić information content (AvgIpc) is 2.82. The van der Waals surface area contributed by atoms with Gasteiger partial charge in [-0.2, -0.15) is 4.98 Å². The van der Waals surface area contributed by atoms with Crippen LogP contribution in [0.4, 0.5) is 5.69 Å². The van der Waals surface area contributed by atoms with Crippen LogP contribution in [0.25, 0.3) is 11.1 Å². The monoisotopic (exact) mass is 308 g/mol. The number of nitrogens with zero attached hydrogens (tertiary/aromatic N) is 3. The van der Waals surface area contributed by atoms with Crippen molar-refractivity contribution >= 4 is 40.1 Å². The van der Waals surface area contributed by atoms with Gasteiger partial charge < -0.3 is 14.9 Å². The molecule has 0 unspecified atom stereocenters. The van der Waals surface area contributed by atoms with Crippen LogP contribution in [0.1, 0.15) is 0 Å². The van der Waals surface area contributed by atoms with Crippen LogP contribution in [0.5, 0.6) is 6.01 Å². The summed E-state index contributed by atoms with van der Waals surface area (Å²) in [4.78, 5) is 12.4. The lowest BCUT2D eigenvalue weighted by Gasteiger charge is -2.01. The van der Waals surface area contributed by atoms with E-state index >= 15 is 0 Å². The molecule has 0 saturated heterocycles. The molecule has 0 atom stereocenters. The highest BCUT2D eigenvalue weighted by Gasteiger charge is 2.13. The number of halogens is 1. The molecular formula is C12H9ClN4O2S. The highest BCUT2D eigenvalue weighted by atomic mass is 35.5. The molecule has 0 spiro atoms. The number of rotatable bonds is 3. The number of methoxy groups -OCH3 is 1. The maximum absolute atomic E-state index is 6.04. The maximum Gasteiger partial charge on any atom is 0.317 e. The van der Waals surface area contributed by atoms with E-state index in [1.807, 2.05) is 0 Å².